The SMILES string of the molecule is CC[Si](CC)(CC)C[S+](C)C[Si](CC)(CC)CC. The lowest BCUT2D eigenvalue weighted by Gasteiger charge is -2.30. The molecule has 110 valence electrons. The lowest BCUT2D eigenvalue weighted by Crippen LogP contribution is -2.47. The second kappa shape index (κ2) is 8.86. The van der Waals surface area contributed by atoms with Gasteiger partial charge in [0.05, 0.1) is 17.0 Å². The zero-order valence-electron chi connectivity index (χ0n) is 14.1. The van der Waals surface area contributed by atoms with Crippen molar-refractivity contribution in [2.75, 3.05) is 17.0 Å². The molecule has 0 heterocycles. The third kappa shape index (κ3) is 5.05. The van der Waals surface area contributed by atoms with Crippen LogP contribution in [0, 0.1) is 0 Å². The molecule has 0 nitrogen and oxygen atoms in total. The summed E-state index contributed by atoms with van der Waals surface area (Å²) in [6, 6.07) is 9.06. The first-order chi connectivity index (χ1) is 8.46. The Morgan fingerprint density at radius 3 is 0.944 bits per heavy atom. The molecule has 0 saturated carbocycles. The first-order valence-corrected chi connectivity index (χ1v) is 15.7. The van der Waals surface area contributed by atoms with Gasteiger partial charge in [0.25, 0.3) is 0 Å². The van der Waals surface area contributed by atoms with Crippen molar-refractivity contribution in [3.63, 3.8) is 0 Å². The Kier molecular flexibility index (Phi) is 9.24. The summed E-state index contributed by atoms with van der Waals surface area (Å²) in [6.45, 7) is 14.8. The summed E-state index contributed by atoms with van der Waals surface area (Å²) in [4.78, 5) is 0. The normalized spacial score (nSPS) is 13.3. The van der Waals surface area contributed by atoms with Crippen LogP contribution in [0.3, 0.4) is 0 Å². The first kappa shape index (κ1) is 18.8. The Bertz CT molecular complexity index is 172. The molecule has 0 aliphatic carbocycles. The van der Waals surface area contributed by atoms with E-state index >= 15 is 0 Å². The molecular formula is C15H37SSi2+. The molecule has 0 aromatic heterocycles. The largest absolute Gasteiger partial charge is 0.112 e. The van der Waals surface area contributed by atoms with E-state index in [1.165, 1.54) is 36.3 Å². The Morgan fingerprint density at radius 1 is 0.556 bits per heavy atom. The predicted octanol–water partition coefficient (Wildman–Crippen LogP) is 5.33. The summed E-state index contributed by atoms with van der Waals surface area (Å²) in [5.74, 6) is 0. The van der Waals surface area contributed by atoms with Crippen LogP contribution in [-0.2, 0) is 10.9 Å². The van der Waals surface area contributed by atoms with Crippen LogP contribution in [0.15, 0.2) is 0 Å². The number of hydrogen-bond acceptors (Lipinski definition) is 0. The van der Waals surface area contributed by atoms with E-state index in [9.17, 15) is 0 Å². The summed E-state index contributed by atoms with van der Waals surface area (Å²) in [6.07, 6.45) is 2.59. The Balaban J connectivity index is 4.61. The van der Waals surface area contributed by atoms with Crippen molar-refractivity contribution in [3.8, 4) is 0 Å². The summed E-state index contributed by atoms with van der Waals surface area (Å²) < 4.78 is 0. The lowest BCUT2D eigenvalue weighted by molar-refractivity contribution is 1.16. The minimum atomic E-state index is -0.884. The summed E-state index contributed by atoms with van der Waals surface area (Å²) in [5, 5.41) is 3.26. The van der Waals surface area contributed by atoms with Crippen LogP contribution in [0.1, 0.15) is 41.5 Å². The molecule has 0 aromatic carbocycles. The van der Waals surface area contributed by atoms with Crippen LogP contribution >= 0.6 is 0 Å². The highest BCUT2D eigenvalue weighted by atomic mass is 32.2. The fourth-order valence-corrected chi connectivity index (χ4v) is 20.8. The molecule has 0 aliphatic rings. The zero-order valence-corrected chi connectivity index (χ0v) is 16.9. The molecule has 3 heteroatoms. The van der Waals surface area contributed by atoms with Gasteiger partial charge in [-0.1, -0.05) is 77.8 Å². The third-order valence-corrected chi connectivity index (χ3v) is 23.4. The first-order valence-electron chi connectivity index (χ1n) is 8.06. The molecule has 0 saturated heterocycles. The number of hydrogen-bond donors (Lipinski definition) is 0. The molecule has 0 aliphatic heterocycles. The van der Waals surface area contributed by atoms with Crippen LogP contribution in [-0.4, -0.2) is 33.2 Å². The van der Waals surface area contributed by atoms with E-state index in [0.29, 0.717) is 10.9 Å². The fraction of sp³-hybridized carbons (Fsp3) is 1.00. The summed E-state index contributed by atoms with van der Waals surface area (Å²) in [5.41, 5.74) is 0. The van der Waals surface area contributed by atoms with Crippen molar-refractivity contribution < 1.29 is 0 Å². The Morgan fingerprint density at radius 2 is 0.778 bits per heavy atom. The van der Waals surface area contributed by atoms with Crippen LogP contribution in [0.4, 0.5) is 0 Å². The van der Waals surface area contributed by atoms with Crippen molar-refractivity contribution in [1.82, 2.24) is 0 Å². The van der Waals surface area contributed by atoms with E-state index in [-0.39, 0.29) is 0 Å². The van der Waals surface area contributed by atoms with E-state index in [2.05, 4.69) is 47.8 Å². The van der Waals surface area contributed by atoms with Gasteiger partial charge in [-0.05, 0) is 10.9 Å². The van der Waals surface area contributed by atoms with Gasteiger partial charge in [0, 0.05) is 0 Å². The smallest absolute Gasteiger partial charge is 0.0676 e. The molecule has 0 amide bonds. The highest BCUT2D eigenvalue weighted by Crippen LogP contribution is 2.27. The summed E-state index contributed by atoms with van der Waals surface area (Å²) >= 11 is 0. The molecule has 0 rings (SSSR count). The quantitative estimate of drug-likeness (QED) is 0.378. The van der Waals surface area contributed by atoms with Crippen molar-refractivity contribution in [2.24, 2.45) is 0 Å². The highest BCUT2D eigenvalue weighted by molar-refractivity contribution is 7.99. The second-order valence-corrected chi connectivity index (χ2v) is 20.3. The monoisotopic (exact) mass is 305 g/mol. The van der Waals surface area contributed by atoms with E-state index in [1.807, 2.05) is 0 Å². The Labute approximate surface area is 122 Å². The van der Waals surface area contributed by atoms with Gasteiger partial charge in [-0.3, -0.25) is 0 Å². The average Bonchev–Trinajstić information content (AvgIpc) is 2.42. The van der Waals surface area contributed by atoms with Crippen molar-refractivity contribution in [2.45, 2.75) is 77.8 Å². The molecule has 0 bridgehead atoms. The molecule has 0 radical (unpaired) electrons. The molecule has 0 aromatic rings. The molecule has 0 fully saturated rings. The van der Waals surface area contributed by atoms with Gasteiger partial charge in [-0.15, -0.1) is 0 Å². The maximum Gasteiger partial charge on any atom is 0.112 e. The van der Waals surface area contributed by atoms with Gasteiger partial charge in [0.2, 0.25) is 0 Å². The third-order valence-electron chi connectivity index (χ3n) is 5.61. The maximum atomic E-state index is 2.59. The van der Waals surface area contributed by atoms with Gasteiger partial charge < -0.3 is 0 Å². The maximum absolute atomic E-state index is 2.59. The molecule has 0 atom stereocenters. The van der Waals surface area contributed by atoms with Gasteiger partial charge in [0.15, 0.2) is 0 Å². The standard InChI is InChI=1S/C15H37SSi2/c1-8-17(9-2,10-3)14-16(7)15-18(11-4,12-5)13-6/h8-15H2,1-7H3/q+1. The fourth-order valence-electron chi connectivity index (χ4n) is 3.21. The lowest BCUT2D eigenvalue weighted by atomic mass is 10.9. The van der Waals surface area contributed by atoms with E-state index in [4.69, 9.17) is 0 Å². The second-order valence-electron chi connectivity index (χ2n) is 6.19. The zero-order chi connectivity index (χ0) is 14.2. The van der Waals surface area contributed by atoms with Gasteiger partial charge in [-0.2, -0.15) is 0 Å². The van der Waals surface area contributed by atoms with Gasteiger partial charge >= 0.3 is 0 Å². The molecule has 18 heavy (non-hydrogen) atoms. The van der Waals surface area contributed by atoms with Crippen LogP contribution < -0.4 is 0 Å². The van der Waals surface area contributed by atoms with Crippen molar-refractivity contribution in [3.05, 3.63) is 0 Å². The van der Waals surface area contributed by atoms with Crippen LogP contribution in [0.5, 0.6) is 0 Å². The molecule has 0 spiro atoms. The van der Waals surface area contributed by atoms with Crippen LogP contribution in [0.25, 0.3) is 0 Å². The summed E-state index contributed by atoms with van der Waals surface area (Å²) in [7, 11) is -1.05. The molecule has 0 unspecified atom stereocenters. The van der Waals surface area contributed by atoms with Gasteiger partial charge in [-0.25, -0.2) is 0 Å². The minimum Gasteiger partial charge on any atom is -0.0676 e. The van der Waals surface area contributed by atoms with E-state index in [0.717, 1.165) is 0 Å². The van der Waals surface area contributed by atoms with E-state index in [1.54, 1.807) is 10.8 Å². The van der Waals surface area contributed by atoms with Gasteiger partial charge in [0.1, 0.15) is 16.1 Å². The predicted molar refractivity (Wildman–Crippen MR) is 97.4 cm³/mol. The topological polar surface area (TPSA) is 0 Å². The Hall–Kier alpha value is 0.784. The molecular weight excluding hydrogens is 268 g/mol. The number of rotatable bonds is 10. The minimum absolute atomic E-state index is 0.715. The molecule has 0 N–H and O–H groups in total. The highest BCUT2D eigenvalue weighted by Gasteiger charge is 2.39. The van der Waals surface area contributed by atoms with Crippen LogP contribution in [0.2, 0.25) is 36.3 Å². The van der Waals surface area contributed by atoms with Crippen molar-refractivity contribution in [1.29, 1.82) is 0 Å². The average molecular weight is 306 g/mol. The van der Waals surface area contributed by atoms with E-state index < -0.39 is 16.1 Å². The van der Waals surface area contributed by atoms with Crippen molar-refractivity contribution >= 4 is 27.0 Å².